The summed E-state index contributed by atoms with van der Waals surface area (Å²) in [7, 11) is 2.26. The largest absolute Gasteiger partial charge is 0.315 e. The number of hydrogen-bond donors (Lipinski definition) is 1. The van der Waals surface area contributed by atoms with Crippen LogP contribution in [0.2, 0.25) is 0 Å². The molecule has 0 aliphatic carbocycles. The Morgan fingerprint density at radius 3 is 2.27 bits per heavy atom. The predicted molar refractivity (Wildman–Crippen MR) is 69.3 cm³/mol. The molecule has 0 amide bonds. The fourth-order valence-electron chi connectivity index (χ4n) is 1.90. The summed E-state index contributed by atoms with van der Waals surface area (Å²) in [4.78, 5) is 2.51. The van der Waals surface area contributed by atoms with E-state index in [0.717, 1.165) is 19.0 Å². The van der Waals surface area contributed by atoms with Crippen molar-refractivity contribution in [2.24, 2.45) is 5.92 Å². The molecule has 1 atom stereocenters. The first kappa shape index (κ1) is 14.9. The average molecular weight is 214 g/mol. The Labute approximate surface area is 96.4 Å². The van der Waals surface area contributed by atoms with Gasteiger partial charge < -0.3 is 10.2 Å². The maximum absolute atomic E-state index is 3.53. The molecule has 0 spiro atoms. The van der Waals surface area contributed by atoms with Gasteiger partial charge in [0.1, 0.15) is 0 Å². The van der Waals surface area contributed by atoms with E-state index >= 15 is 0 Å². The first-order chi connectivity index (χ1) is 7.13. The van der Waals surface area contributed by atoms with Crippen molar-refractivity contribution in [2.45, 2.75) is 53.0 Å². The predicted octanol–water partition coefficient (Wildman–Crippen LogP) is 2.74. The molecule has 0 aliphatic heterocycles. The van der Waals surface area contributed by atoms with Gasteiger partial charge in [0.15, 0.2) is 0 Å². The fraction of sp³-hybridized carbons (Fsp3) is 1.00. The van der Waals surface area contributed by atoms with Crippen LogP contribution in [-0.4, -0.2) is 37.6 Å². The van der Waals surface area contributed by atoms with Gasteiger partial charge in [0.25, 0.3) is 0 Å². The maximum Gasteiger partial charge on any atom is 0.0240 e. The molecule has 0 heterocycles. The van der Waals surface area contributed by atoms with Crippen molar-refractivity contribution < 1.29 is 0 Å². The lowest BCUT2D eigenvalue weighted by molar-refractivity contribution is 0.185. The van der Waals surface area contributed by atoms with Gasteiger partial charge in [-0.15, -0.1) is 0 Å². The van der Waals surface area contributed by atoms with Gasteiger partial charge in [-0.3, -0.25) is 0 Å². The standard InChI is InChI=1S/C13H30N2/c1-6-8-10-15(5)13(12(3)4)11-14-9-7-2/h12-14H,6-11H2,1-5H3. The van der Waals surface area contributed by atoms with E-state index in [1.165, 1.54) is 25.8 Å². The van der Waals surface area contributed by atoms with Gasteiger partial charge in [-0.2, -0.15) is 0 Å². The van der Waals surface area contributed by atoms with Crippen molar-refractivity contribution in [1.82, 2.24) is 10.2 Å². The van der Waals surface area contributed by atoms with Crippen LogP contribution in [0, 0.1) is 5.92 Å². The van der Waals surface area contributed by atoms with E-state index in [2.05, 4.69) is 45.0 Å². The lowest BCUT2D eigenvalue weighted by atomic mass is 10.0. The van der Waals surface area contributed by atoms with Gasteiger partial charge in [-0.1, -0.05) is 34.1 Å². The van der Waals surface area contributed by atoms with Crippen LogP contribution in [0.5, 0.6) is 0 Å². The van der Waals surface area contributed by atoms with E-state index in [1.54, 1.807) is 0 Å². The highest BCUT2D eigenvalue weighted by Gasteiger charge is 2.17. The Morgan fingerprint density at radius 1 is 1.13 bits per heavy atom. The third-order valence-electron chi connectivity index (χ3n) is 2.98. The second-order valence-electron chi connectivity index (χ2n) is 4.85. The van der Waals surface area contributed by atoms with Gasteiger partial charge in [-0.05, 0) is 38.9 Å². The summed E-state index contributed by atoms with van der Waals surface area (Å²) in [6.07, 6.45) is 3.83. The lowest BCUT2D eigenvalue weighted by Gasteiger charge is -2.31. The Bertz CT molecular complexity index is 134. The molecule has 0 radical (unpaired) electrons. The number of likely N-dealkylation sites (N-methyl/N-ethyl adjacent to an activating group) is 1. The van der Waals surface area contributed by atoms with Gasteiger partial charge >= 0.3 is 0 Å². The molecular weight excluding hydrogens is 184 g/mol. The van der Waals surface area contributed by atoms with Crippen molar-refractivity contribution >= 4 is 0 Å². The summed E-state index contributed by atoms with van der Waals surface area (Å²) in [6.45, 7) is 12.6. The van der Waals surface area contributed by atoms with Gasteiger partial charge in [-0.25, -0.2) is 0 Å². The lowest BCUT2D eigenvalue weighted by Crippen LogP contribution is -2.44. The second kappa shape index (κ2) is 9.17. The number of unbranched alkanes of at least 4 members (excludes halogenated alkanes) is 1. The first-order valence-electron chi connectivity index (χ1n) is 6.54. The normalized spacial score (nSPS) is 13.8. The van der Waals surface area contributed by atoms with Crippen LogP contribution < -0.4 is 5.32 Å². The van der Waals surface area contributed by atoms with Crippen molar-refractivity contribution in [1.29, 1.82) is 0 Å². The molecule has 0 bridgehead atoms. The first-order valence-corrected chi connectivity index (χ1v) is 6.54. The third-order valence-corrected chi connectivity index (χ3v) is 2.98. The summed E-state index contributed by atoms with van der Waals surface area (Å²) in [5.74, 6) is 0.733. The summed E-state index contributed by atoms with van der Waals surface area (Å²) in [6, 6.07) is 0.683. The zero-order valence-corrected chi connectivity index (χ0v) is 11.3. The highest BCUT2D eigenvalue weighted by molar-refractivity contribution is 4.74. The third kappa shape index (κ3) is 6.91. The Kier molecular flexibility index (Phi) is 9.12. The van der Waals surface area contributed by atoms with Crippen LogP contribution in [0.25, 0.3) is 0 Å². The Hall–Kier alpha value is -0.0800. The molecule has 0 aromatic heterocycles. The van der Waals surface area contributed by atoms with Crippen LogP contribution in [-0.2, 0) is 0 Å². The van der Waals surface area contributed by atoms with Crippen molar-refractivity contribution in [3.63, 3.8) is 0 Å². The quantitative estimate of drug-likeness (QED) is 0.594. The molecule has 1 unspecified atom stereocenters. The molecule has 0 saturated heterocycles. The number of rotatable bonds is 9. The fourth-order valence-corrected chi connectivity index (χ4v) is 1.90. The molecule has 2 nitrogen and oxygen atoms in total. The molecule has 0 fully saturated rings. The maximum atomic E-state index is 3.53. The molecule has 0 rings (SSSR count). The average Bonchev–Trinajstić information content (AvgIpc) is 2.20. The minimum atomic E-state index is 0.683. The zero-order valence-electron chi connectivity index (χ0n) is 11.3. The molecule has 2 heteroatoms. The van der Waals surface area contributed by atoms with E-state index in [1.807, 2.05) is 0 Å². The monoisotopic (exact) mass is 214 g/mol. The van der Waals surface area contributed by atoms with Crippen molar-refractivity contribution in [3.05, 3.63) is 0 Å². The second-order valence-corrected chi connectivity index (χ2v) is 4.85. The van der Waals surface area contributed by atoms with Crippen LogP contribution in [0.1, 0.15) is 47.0 Å². The van der Waals surface area contributed by atoms with E-state index < -0.39 is 0 Å². The molecule has 92 valence electrons. The summed E-state index contributed by atoms with van der Waals surface area (Å²) >= 11 is 0. The number of nitrogens with zero attached hydrogens (tertiary/aromatic N) is 1. The Morgan fingerprint density at radius 2 is 1.80 bits per heavy atom. The SMILES string of the molecule is CCCCN(C)C(CNCCC)C(C)C. The van der Waals surface area contributed by atoms with Gasteiger partial charge in [0.05, 0.1) is 0 Å². The van der Waals surface area contributed by atoms with Gasteiger partial charge in [0.2, 0.25) is 0 Å². The zero-order chi connectivity index (χ0) is 11.7. The number of nitrogens with one attached hydrogen (secondary N) is 1. The van der Waals surface area contributed by atoms with E-state index in [9.17, 15) is 0 Å². The molecule has 0 aliphatic rings. The molecule has 15 heavy (non-hydrogen) atoms. The van der Waals surface area contributed by atoms with Gasteiger partial charge in [0, 0.05) is 12.6 Å². The van der Waals surface area contributed by atoms with Crippen molar-refractivity contribution in [3.8, 4) is 0 Å². The number of hydrogen-bond acceptors (Lipinski definition) is 2. The molecule has 1 N–H and O–H groups in total. The summed E-state index contributed by atoms with van der Waals surface area (Å²) in [5, 5.41) is 3.53. The van der Waals surface area contributed by atoms with E-state index in [-0.39, 0.29) is 0 Å². The molecular formula is C13H30N2. The highest BCUT2D eigenvalue weighted by atomic mass is 15.1. The highest BCUT2D eigenvalue weighted by Crippen LogP contribution is 2.09. The minimum Gasteiger partial charge on any atom is -0.315 e. The van der Waals surface area contributed by atoms with Crippen LogP contribution in [0.3, 0.4) is 0 Å². The van der Waals surface area contributed by atoms with Crippen LogP contribution >= 0.6 is 0 Å². The topological polar surface area (TPSA) is 15.3 Å². The molecule has 0 aromatic carbocycles. The minimum absolute atomic E-state index is 0.683. The van der Waals surface area contributed by atoms with E-state index in [0.29, 0.717) is 6.04 Å². The smallest absolute Gasteiger partial charge is 0.0240 e. The van der Waals surface area contributed by atoms with Crippen LogP contribution in [0.4, 0.5) is 0 Å². The van der Waals surface area contributed by atoms with Crippen molar-refractivity contribution in [2.75, 3.05) is 26.7 Å². The van der Waals surface area contributed by atoms with E-state index in [4.69, 9.17) is 0 Å². The summed E-state index contributed by atoms with van der Waals surface area (Å²) in [5.41, 5.74) is 0. The van der Waals surface area contributed by atoms with Crippen LogP contribution in [0.15, 0.2) is 0 Å². The molecule has 0 aromatic rings. The molecule has 0 saturated carbocycles. The summed E-state index contributed by atoms with van der Waals surface area (Å²) < 4.78 is 0. The Balaban J connectivity index is 3.89.